The lowest BCUT2D eigenvalue weighted by Crippen LogP contribution is -2.46. The zero-order valence-corrected chi connectivity index (χ0v) is 18.5. The fourth-order valence-corrected chi connectivity index (χ4v) is 3.92. The van der Waals surface area contributed by atoms with Gasteiger partial charge in [0.05, 0.1) is 4.47 Å². The number of carbonyl (C=O) groups is 2. The zero-order valence-electron chi connectivity index (χ0n) is 16.9. The van der Waals surface area contributed by atoms with Gasteiger partial charge in [0.25, 0.3) is 5.91 Å². The molecule has 2 aromatic rings. The fourth-order valence-electron chi connectivity index (χ4n) is 3.33. The molecule has 1 unspecified atom stereocenters. The van der Waals surface area contributed by atoms with Crippen LogP contribution in [0.25, 0.3) is 0 Å². The first-order chi connectivity index (χ1) is 13.8. The van der Waals surface area contributed by atoms with Crippen LogP contribution in [-0.2, 0) is 9.59 Å². The highest BCUT2D eigenvalue weighted by Crippen LogP contribution is 2.27. The Labute approximate surface area is 179 Å². The average molecular weight is 460 g/mol. The van der Waals surface area contributed by atoms with Crippen LogP contribution in [0.5, 0.6) is 5.75 Å². The highest BCUT2D eigenvalue weighted by molar-refractivity contribution is 9.10. The standard InChI is InChI=1S/C22H26BrN3O3/c1-14-4-6-19(18(23)12-14)29-16(3)22(28)26-10-8-17(9-11-26)21(27)25-20-7-5-15(2)13-24-20/h4-7,12-13,16-17H,8-11H2,1-3H3,(H,24,25,27). The second-order valence-electron chi connectivity index (χ2n) is 7.50. The number of aromatic nitrogens is 1. The monoisotopic (exact) mass is 459 g/mol. The Morgan fingerprint density at radius 2 is 1.86 bits per heavy atom. The summed E-state index contributed by atoms with van der Waals surface area (Å²) in [6.45, 7) is 6.80. The molecule has 6 nitrogen and oxygen atoms in total. The molecule has 1 aliphatic rings. The number of benzene rings is 1. The molecule has 2 heterocycles. The molecule has 0 aliphatic carbocycles. The molecule has 0 bridgehead atoms. The number of piperidine rings is 1. The minimum atomic E-state index is -0.587. The second kappa shape index (κ2) is 9.39. The lowest BCUT2D eigenvalue weighted by molar-refractivity contribution is -0.140. The van der Waals surface area contributed by atoms with Gasteiger partial charge in [-0.3, -0.25) is 9.59 Å². The number of pyridine rings is 1. The third-order valence-corrected chi connectivity index (χ3v) is 5.70. The van der Waals surface area contributed by atoms with Gasteiger partial charge >= 0.3 is 0 Å². The SMILES string of the molecule is Cc1ccc(NC(=O)C2CCN(C(=O)C(C)Oc3ccc(C)cc3Br)CC2)nc1. The van der Waals surface area contributed by atoms with E-state index in [1.165, 1.54) is 0 Å². The van der Waals surface area contributed by atoms with Gasteiger partial charge in [0.1, 0.15) is 11.6 Å². The van der Waals surface area contributed by atoms with Crippen molar-refractivity contribution in [3.8, 4) is 5.75 Å². The van der Waals surface area contributed by atoms with Crippen molar-refractivity contribution >= 4 is 33.6 Å². The van der Waals surface area contributed by atoms with Gasteiger partial charge < -0.3 is 15.0 Å². The molecule has 0 saturated carbocycles. The first-order valence-corrected chi connectivity index (χ1v) is 10.6. The first kappa shape index (κ1) is 21.3. The normalized spacial score (nSPS) is 15.7. The molecule has 1 atom stereocenters. The number of hydrogen-bond acceptors (Lipinski definition) is 4. The molecule has 7 heteroatoms. The summed E-state index contributed by atoms with van der Waals surface area (Å²) in [4.78, 5) is 31.2. The van der Waals surface area contributed by atoms with Gasteiger partial charge in [0, 0.05) is 25.2 Å². The van der Waals surface area contributed by atoms with E-state index < -0.39 is 6.10 Å². The highest BCUT2D eigenvalue weighted by atomic mass is 79.9. The van der Waals surface area contributed by atoms with Crippen LogP contribution in [0.4, 0.5) is 5.82 Å². The van der Waals surface area contributed by atoms with E-state index in [2.05, 4.69) is 26.2 Å². The summed E-state index contributed by atoms with van der Waals surface area (Å²) in [5.41, 5.74) is 2.16. The van der Waals surface area contributed by atoms with E-state index in [1.807, 2.05) is 38.1 Å². The number of rotatable bonds is 5. The average Bonchev–Trinajstić information content (AvgIpc) is 2.71. The van der Waals surface area contributed by atoms with Gasteiger partial charge in [-0.25, -0.2) is 4.98 Å². The van der Waals surface area contributed by atoms with E-state index in [0.29, 0.717) is 37.5 Å². The Morgan fingerprint density at radius 1 is 1.17 bits per heavy atom. The molecule has 2 amide bonds. The number of nitrogens with zero attached hydrogens (tertiary/aromatic N) is 2. The number of halogens is 1. The largest absolute Gasteiger partial charge is 0.480 e. The van der Waals surface area contributed by atoms with Crippen LogP contribution in [0.15, 0.2) is 41.0 Å². The van der Waals surface area contributed by atoms with Crippen molar-refractivity contribution < 1.29 is 14.3 Å². The lowest BCUT2D eigenvalue weighted by Gasteiger charge is -2.33. The van der Waals surface area contributed by atoms with Crippen molar-refractivity contribution in [2.45, 2.75) is 39.7 Å². The van der Waals surface area contributed by atoms with E-state index >= 15 is 0 Å². The summed E-state index contributed by atoms with van der Waals surface area (Å²) in [5, 5.41) is 2.87. The molecule has 0 spiro atoms. The third-order valence-electron chi connectivity index (χ3n) is 5.08. The van der Waals surface area contributed by atoms with Crippen molar-refractivity contribution in [1.29, 1.82) is 0 Å². The number of amides is 2. The van der Waals surface area contributed by atoms with Crippen LogP contribution >= 0.6 is 15.9 Å². The van der Waals surface area contributed by atoms with E-state index in [-0.39, 0.29) is 17.7 Å². The molecule has 1 aromatic heterocycles. The maximum absolute atomic E-state index is 12.8. The molecular formula is C22H26BrN3O3. The fraction of sp³-hybridized carbons (Fsp3) is 0.409. The molecule has 154 valence electrons. The smallest absolute Gasteiger partial charge is 0.263 e. The number of nitrogens with one attached hydrogen (secondary N) is 1. The van der Waals surface area contributed by atoms with Gasteiger partial charge in [-0.1, -0.05) is 12.1 Å². The summed E-state index contributed by atoms with van der Waals surface area (Å²) in [6, 6.07) is 9.48. The highest BCUT2D eigenvalue weighted by Gasteiger charge is 2.30. The van der Waals surface area contributed by atoms with Gasteiger partial charge in [-0.05, 0) is 78.9 Å². The van der Waals surface area contributed by atoms with Crippen molar-refractivity contribution in [1.82, 2.24) is 9.88 Å². The number of aryl methyl sites for hydroxylation is 2. The summed E-state index contributed by atoms with van der Waals surface area (Å²) in [7, 11) is 0. The quantitative estimate of drug-likeness (QED) is 0.729. The Hall–Kier alpha value is -2.41. The van der Waals surface area contributed by atoms with Crippen molar-refractivity contribution in [3.05, 3.63) is 52.1 Å². The van der Waals surface area contributed by atoms with E-state index in [4.69, 9.17) is 4.74 Å². The number of ether oxygens (including phenoxy) is 1. The zero-order chi connectivity index (χ0) is 21.0. The van der Waals surface area contributed by atoms with Gasteiger partial charge in [-0.15, -0.1) is 0 Å². The van der Waals surface area contributed by atoms with Crippen LogP contribution in [0.3, 0.4) is 0 Å². The maximum Gasteiger partial charge on any atom is 0.263 e. The Morgan fingerprint density at radius 3 is 2.48 bits per heavy atom. The van der Waals surface area contributed by atoms with Crippen LogP contribution < -0.4 is 10.1 Å². The molecule has 1 aromatic carbocycles. The summed E-state index contributed by atoms with van der Waals surface area (Å²) >= 11 is 3.48. The van der Waals surface area contributed by atoms with Crippen molar-refractivity contribution in [2.24, 2.45) is 5.92 Å². The van der Waals surface area contributed by atoms with E-state index in [9.17, 15) is 9.59 Å². The number of hydrogen-bond donors (Lipinski definition) is 1. The summed E-state index contributed by atoms with van der Waals surface area (Å²) in [6.07, 6.45) is 2.40. The van der Waals surface area contributed by atoms with E-state index in [1.54, 1.807) is 24.1 Å². The van der Waals surface area contributed by atoms with Crippen LogP contribution in [0.2, 0.25) is 0 Å². The summed E-state index contributed by atoms with van der Waals surface area (Å²) < 4.78 is 6.68. The van der Waals surface area contributed by atoms with E-state index in [0.717, 1.165) is 15.6 Å². The molecule has 0 radical (unpaired) electrons. The summed E-state index contributed by atoms with van der Waals surface area (Å²) in [5.74, 6) is 0.989. The second-order valence-corrected chi connectivity index (χ2v) is 8.36. The molecule has 3 rings (SSSR count). The molecule has 1 saturated heterocycles. The number of anilines is 1. The van der Waals surface area contributed by atoms with Gasteiger partial charge in [-0.2, -0.15) is 0 Å². The lowest BCUT2D eigenvalue weighted by atomic mass is 9.95. The van der Waals surface area contributed by atoms with Gasteiger partial charge in [0.2, 0.25) is 5.91 Å². The Balaban J connectivity index is 1.50. The number of likely N-dealkylation sites (tertiary alicyclic amines) is 1. The third kappa shape index (κ3) is 5.56. The minimum Gasteiger partial charge on any atom is -0.480 e. The predicted octanol–water partition coefficient (Wildman–Crippen LogP) is 4.11. The molecule has 29 heavy (non-hydrogen) atoms. The Kier molecular flexibility index (Phi) is 6.90. The van der Waals surface area contributed by atoms with Crippen LogP contribution in [-0.4, -0.2) is 40.9 Å². The molecule has 1 fully saturated rings. The van der Waals surface area contributed by atoms with Crippen molar-refractivity contribution in [2.75, 3.05) is 18.4 Å². The topological polar surface area (TPSA) is 71.5 Å². The molecular weight excluding hydrogens is 434 g/mol. The van der Waals surface area contributed by atoms with Crippen LogP contribution in [0, 0.1) is 19.8 Å². The predicted molar refractivity (Wildman–Crippen MR) is 116 cm³/mol. The Bertz CT molecular complexity index is 877. The van der Waals surface area contributed by atoms with Gasteiger partial charge in [0.15, 0.2) is 6.10 Å². The molecule has 1 aliphatic heterocycles. The van der Waals surface area contributed by atoms with Crippen molar-refractivity contribution in [3.63, 3.8) is 0 Å². The molecule has 1 N–H and O–H groups in total. The minimum absolute atomic E-state index is 0.0404. The maximum atomic E-state index is 12.8. The first-order valence-electron chi connectivity index (χ1n) is 9.78. The van der Waals surface area contributed by atoms with Crippen LogP contribution in [0.1, 0.15) is 30.9 Å². The number of carbonyl (C=O) groups excluding carboxylic acids is 2.